The third-order valence-electron chi connectivity index (χ3n) is 6.09. The molecule has 4 aromatic rings. The number of rotatable bonds is 6. The van der Waals surface area contributed by atoms with Crippen molar-refractivity contribution in [2.45, 2.75) is 32.9 Å². The summed E-state index contributed by atoms with van der Waals surface area (Å²) in [5.74, 6) is -0.426. The van der Waals surface area contributed by atoms with Crippen molar-refractivity contribution in [1.82, 2.24) is 4.98 Å². The van der Waals surface area contributed by atoms with Gasteiger partial charge in [-0.15, -0.1) is 0 Å². The molecule has 5 rings (SSSR count). The Bertz CT molecular complexity index is 1540. The zero-order valence-corrected chi connectivity index (χ0v) is 21.7. The number of carbonyl (C=O) groups excluding carboxylic acids is 2. The van der Waals surface area contributed by atoms with Gasteiger partial charge < -0.3 is 14.6 Å². The van der Waals surface area contributed by atoms with Crippen LogP contribution in [-0.2, 0) is 9.59 Å². The monoisotopic (exact) mass is 514 g/mol. The van der Waals surface area contributed by atoms with E-state index in [-0.39, 0.29) is 17.4 Å². The van der Waals surface area contributed by atoms with E-state index in [1.807, 2.05) is 57.2 Å². The smallest absolute Gasteiger partial charge is 0.301 e. The highest BCUT2D eigenvalue weighted by molar-refractivity contribution is 7.22. The zero-order chi connectivity index (χ0) is 26.3. The van der Waals surface area contributed by atoms with Crippen molar-refractivity contribution in [3.05, 3.63) is 89.0 Å². The molecule has 1 aliphatic heterocycles. The van der Waals surface area contributed by atoms with Gasteiger partial charge in [0.15, 0.2) is 5.13 Å². The predicted molar refractivity (Wildman–Crippen MR) is 144 cm³/mol. The molecule has 0 spiro atoms. The fourth-order valence-electron chi connectivity index (χ4n) is 4.43. The van der Waals surface area contributed by atoms with Crippen molar-refractivity contribution < 1.29 is 24.2 Å². The molecule has 1 aliphatic rings. The number of aromatic nitrogens is 1. The molecule has 1 amide bonds. The third kappa shape index (κ3) is 4.56. The molecule has 37 heavy (non-hydrogen) atoms. The number of anilines is 1. The van der Waals surface area contributed by atoms with Gasteiger partial charge in [0.05, 0.1) is 35.0 Å². The largest absolute Gasteiger partial charge is 0.507 e. The van der Waals surface area contributed by atoms with Gasteiger partial charge in [0.1, 0.15) is 17.3 Å². The van der Waals surface area contributed by atoms with Crippen molar-refractivity contribution in [2.75, 3.05) is 12.0 Å². The van der Waals surface area contributed by atoms with Crippen molar-refractivity contribution in [3.63, 3.8) is 0 Å². The first-order chi connectivity index (χ1) is 17.8. The molecule has 7 nitrogen and oxygen atoms in total. The topological polar surface area (TPSA) is 89.0 Å². The van der Waals surface area contributed by atoms with E-state index in [0.717, 1.165) is 10.3 Å². The van der Waals surface area contributed by atoms with E-state index < -0.39 is 17.7 Å². The highest BCUT2D eigenvalue weighted by atomic mass is 32.1. The highest BCUT2D eigenvalue weighted by Crippen LogP contribution is 2.44. The summed E-state index contributed by atoms with van der Waals surface area (Å²) in [5, 5.41) is 11.7. The third-order valence-corrected chi connectivity index (χ3v) is 7.11. The van der Waals surface area contributed by atoms with Gasteiger partial charge in [-0.25, -0.2) is 4.98 Å². The lowest BCUT2D eigenvalue weighted by Gasteiger charge is -2.23. The Morgan fingerprint density at radius 3 is 2.43 bits per heavy atom. The second kappa shape index (κ2) is 9.71. The Morgan fingerprint density at radius 2 is 1.76 bits per heavy atom. The molecule has 1 fully saturated rings. The number of hydrogen-bond acceptors (Lipinski definition) is 7. The highest BCUT2D eigenvalue weighted by Gasteiger charge is 2.48. The average molecular weight is 515 g/mol. The molecule has 1 atom stereocenters. The van der Waals surface area contributed by atoms with Crippen LogP contribution in [0.25, 0.3) is 16.0 Å². The Morgan fingerprint density at radius 1 is 1.03 bits per heavy atom. The number of ether oxygens (including phenoxy) is 2. The number of fused-ring (bicyclic) bond motifs is 1. The molecule has 0 saturated carbocycles. The van der Waals surface area contributed by atoms with E-state index in [2.05, 4.69) is 4.98 Å². The second-order valence-corrected chi connectivity index (χ2v) is 10.1. The van der Waals surface area contributed by atoms with E-state index >= 15 is 0 Å². The normalized spacial score (nSPS) is 17.1. The number of nitrogens with zero attached hydrogens (tertiary/aromatic N) is 2. The number of amides is 1. The molecular weight excluding hydrogens is 488 g/mol. The van der Waals surface area contributed by atoms with Gasteiger partial charge in [-0.05, 0) is 68.8 Å². The molecule has 0 aliphatic carbocycles. The first-order valence-electron chi connectivity index (χ1n) is 11.9. The van der Waals surface area contributed by atoms with Gasteiger partial charge in [-0.1, -0.05) is 41.2 Å². The summed E-state index contributed by atoms with van der Waals surface area (Å²) >= 11 is 1.29. The van der Waals surface area contributed by atoms with E-state index in [1.165, 1.54) is 16.2 Å². The van der Waals surface area contributed by atoms with E-state index in [1.54, 1.807) is 37.4 Å². The molecule has 2 heterocycles. The van der Waals surface area contributed by atoms with Crippen LogP contribution in [0.4, 0.5) is 5.13 Å². The lowest BCUT2D eigenvalue weighted by Crippen LogP contribution is -2.29. The van der Waals surface area contributed by atoms with Crippen molar-refractivity contribution >= 4 is 44.1 Å². The molecule has 3 aromatic carbocycles. The van der Waals surface area contributed by atoms with E-state index in [0.29, 0.717) is 33.3 Å². The second-order valence-electron chi connectivity index (χ2n) is 9.10. The summed E-state index contributed by atoms with van der Waals surface area (Å²) in [7, 11) is 1.58. The van der Waals surface area contributed by atoms with Crippen LogP contribution in [0.3, 0.4) is 0 Å². The van der Waals surface area contributed by atoms with Crippen molar-refractivity contribution in [3.8, 4) is 11.5 Å². The van der Waals surface area contributed by atoms with Gasteiger partial charge in [0.25, 0.3) is 5.78 Å². The number of carbonyl (C=O) groups is 2. The average Bonchev–Trinajstić information content (AvgIpc) is 3.41. The molecule has 1 unspecified atom stereocenters. The Kier molecular flexibility index (Phi) is 6.43. The van der Waals surface area contributed by atoms with E-state index in [4.69, 9.17) is 9.47 Å². The van der Waals surface area contributed by atoms with Crippen LogP contribution in [0, 0.1) is 6.92 Å². The maximum absolute atomic E-state index is 13.4. The fraction of sp³-hybridized carbons (Fsp3) is 0.207. The molecule has 0 bridgehead atoms. The number of aryl methyl sites for hydroxylation is 1. The maximum atomic E-state index is 13.4. The number of thiazole rings is 1. The number of benzene rings is 3. The molecule has 8 heteroatoms. The van der Waals surface area contributed by atoms with Gasteiger partial charge in [-0.3, -0.25) is 14.5 Å². The fourth-order valence-corrected chi connectivity index (χ4v) is 5.45. The molecule has 0 radical (unpaired) electrons. The van der Waals surface area contributed by atoms with E-state index in [9.17, 15) is 14.7 Å². The van der Waals surface area contributed by atoms with Gasteiger partial charge in [0, 0.05) is 5.56 Å². The van der Waals surface area contributed by atoms with Crippen LogP contribution >= 0.6 is 11.3 Å². The predicted octanol–water partition coefficient (Wildman–Crippen LogP) is 6.03. The van der Waals surface area contributed by atoms with Crippen LogP contribution in [0.1, 0.15) is 36.6 Å². The number of aliphatic hydroxyl groups excluding tert-OH is 1. The Labute approximate surface area is 218 Å². The summed E-state index contributed by atoms with van der Waals surface area (Å²) in [4.78, 5) is 32.9. The van der Waals surface area contributed by atoms with Gasteiger partial charge in [0.2, 0.25) is 0 Å². The molecule has 1 N–H and O–H groups in total. The minimum Gasteiger partial charge on any atom is -0.507 e. The summed E-state index contributed by atoms with van der Waals surface area (Å²) in [6.45, 7) is 5.79. The van der Waals surface area contributed by atoms with Gasteiger partial charge >= 0.3 is 5.91 Å². The Hall–Kier alpha value is -4.17. The minimum atomic E-state index is -0.839. The molecule has 188 valence electrons. The SMILES string of the molecule is COc1ccc2nc(N3C(=O)C(=O)/C(=C(/O)c4ccc(OC(C)C)cc4)C3c3cccc(C)c3)sc2c1. The maximum Gasteiger partial charge on any atom is 0.301 e. The first kappa shape index (κ1) is 24.5. The number of aliphatic hydroxyl groups is 1. The minimum absolute atomic E-state index is 0.000121. The lowest BCUT2D eigenvalue weighted by atomic mass is 9.94. The zero-order valence-electron chi connectivity index (χ0n) is 20.9. The van der Waals surface area contributed by atoms with Gasteiger partial charge in [-0.2, -0.15) is 0 Å². The quantitative estimate of drug-likeness (QED) is 0.192. The number of methoxy groups -OCH3 is 1. The van der Waals surface area contributed by atoms with Crippen LogP contribution in [0.15, 0.2) is 72.3 Å². The summed E-state index contributed by atoms with van der Waals surface area (Å²) < 4.78 is 11.8. The van der Waals surface area contributed by atoms with Crippen molar-refractivity contribution in [1.29, 1.82) is 0 Å². The lowest BCUT2D eigenvalue weighted by molar-refractivity contribution is -0.132. The summed E-state index contributed by atoms with van der Waals surface area (Å²) in [6, 6.07) is 19.0. The summed E-state index contributed by atoms with van der Waals surface area (Å²) in [6.07, 6.45) is -0.000121. The van der Waals surface area contributed by atoms with Crippen LogP contribution in [0.2, 0.25) is 0 Å². The number of Topliss-reactive ketones (excluding diaryl/α,β-unsaturated/α-hetero) is 1. The standard InChI is InChI=1S/C29H26N2O5S/c1-16(2)36-20-10-8-18(9-11-20)26(32)24-25(19-7-5-6-17(3)14-19)31(28(34)27(24)33)29-30-22-13-12-21(35-4)15-23(22)37-29/h5-16,25,32H,1-4H3/b26-24+. The number of hydrogen-bond donors (Lipinski definition) is 1. The molecular formula is C29H26N2O5S. The summed E-state index contributed by atoms with van der Waals surface area (Å²) in [5.41, 5.74) is 2.79. The van der Waals surface area contributed by atoms with Crippen LogP contribution < -0.4 is 14.4 Å². The van der Waals surface area contributed by atoms with Crippen LogP contribution in [-0.4, -0.2) is 35.0 Å². The van der Waals surface area contributed by atoms with Crippen molar-refractivity contribution in [2.24, 2.45) is 0 Å². The Balaban J connectivity index is 1.66. The molecule has 1 saturated heterocycles. The molecule has 1 aromatic heterocycles. The van der Waals surface area contributed by atoms with Crippen LogP contribution in [0.5, 0.6) is 11.5 Å². The first-order valence-corrected chi connectivity index (χ1v) is 12.7. The number of ketones is 1.